The van der Waals surface area contributed by atoms with Crippen molar-refractivity contribution >= 4 is 45.8 Å². The number of carboxylic acid groups (broad SMARTS) is 1. The zero-order valence-electron chi connectivity index (χ0n) is 10.3. The van der Waals surface area contributed by atoms with E-state index in [0.717, 1.165) is 4.88 Å². The molecule has 0 aliphatic rings. The third-order valence-electron chi connectivity index (χ3n) is 2.30. The van der Waals surface area contributed by atoms with Crippen molar-refractivity contribution in [2.75, 3.05) is 10.6 Å². The minimum atomic E-state index is -1.12. The molecule has 3 N–H and O–H groups in total. The number of carboxylic acids is 1. The standard InChI is InChI=1S/C12H10ClN3O3S/c1-6-5-14-12(20-6)16-11(19)15-7-2-3-8(10(17)18)9(13)4-7/h2-5H,1H3,(H,17,18)(H2,14,15,16,19). The molecule has 1 aromatic carbocycles. The number of nitrogens with one attached hydrogen (secondary N) is 2. The average molecular weight is 312 g/mol. The van der Waals surface area contributed by atoms with E-state index < -0.39 is 12.0 Å². The van der Waals surface area contributed by atoms with Gasteiger partial charge in [-0.25, -0.2) is 14.6 Å². The maximum Gasteiger partial charge on any atom is 0.337 e. The Balaban J connectivity index is 2.04. The minimum absolute atomic E-state index is 0.0202. The molecular formula is C12H10ClN3O3S. The Morgan fingerprint density at radius 2 is 2.10 bits per heavy atom. The SMILES string of the molecule is Cc1cnc(NC(=O)Nc2ccc(C(=O)O)c(Cl)c2)s1. The van der Waals surface area contributed by atoms with Gasteiger partial charge in [-0.3, -0.25) is 5.32 Å². The first kappa shape index (κ1) is 14.3. The molecule has 0 spiro atoms. The number of nitrogens with zero attached hydrogens (tertiary/aromatic N) is 1. The van der Waals surface area contributed by atoms with Crippen molar-refractivity contribution in [2.45, 2.75) is 6.92 Å². The molecule has 8 heteroatoms. The van der Waals surface area contributed by atoms with E-state index in [-0.39, 0.29) is 10.6 Å². The lowest BCUT2D eigenvalue weighted by Gasteiger charge is -2.07. The summed E-state index contributed by atoms with van der Waals surface area (Å²) >= 11 is 7.16. The predicted octanol–water partition coefficient (Wildman–Crippen LogP) is 3.45. The predicted molar refractivity (Wildman–Crippen MR) is 77.9 cm³/mol. The van der Waals surface area contributed by atoms with Gasteiger partial charge in [0.05, 0.1) is 10.6 Å². The number of aryl methyl sites for hydroxylation is 1. The summed E-state index contributed by atoms with van der Waals surface area (Å²) in [5, 5.41) is 14.5. The molecule has 0 saturated heterocycles. The molecule has 0 saturated carbocycles. The van der Waals surface area contributed by atoms with E-state index in [4.69, 9.17) is 16.7 Å². The molecule has 2 amide bonds. The molecule has 2 aromatic rings. The molecule has 1 aromatic heterocycles. The summed E-state index contributed by atoms with van der Waals surface area (Å²) in [4.78, 5) is 27.5. The topological polar surface area (TPSA) is 91.3 Å². The first-order valence-electron chi connectivity index (χ1n) is 5.49. The van der Waals surface area contributed by atoms with Gasteiger partial charge in [-0.15, -0.1) is 11.3 Å². The highest BCUT2D eigenvalue weighted by Crippen LogP contribution is 2.21. The van der Waals surface area contributed by atoms with Crippen molar-refractivity contribution in [1.82, 2.24) is 4.98 Å². The Morgan fingerprint density at radius 3 is 2.65 bits per heavy atom. The molecule has 0 bridgehead atoms. The van der Waals surface area contributed by atoms with E-state index in [9.17, 15) is 9.59 Å². The molecule has 104 valence electrons. The number of amides is 2. The Morgan fingerprint density at radius 1 is 1.35 bits per heavy atom. The number of urea groups is 1. The Kier molecular flexibility index (Phi) is 4.21. The molecular weight excluding hydrogens is 302 g/mol. The van der Waals surface area contributed by atoms with Gasteiger partial charge in [0.25, 0.3) is 0 Å². The van der Waals surface area contributed by atoms with Gasteiger partial charge in [0.2, 0.25) is 0 Å². The van der Waals surface area contributed by atoms with Crippen LogP contribution in [0.15, 0.2) is 24.4 Å². The summed E-state index contributed by atoms with van der Waals surface area (Å²) in [6.07, 6.45) is 1.65. The summed E-state index contributed by atoms with van der Waals surface area (Å²) < 4.78 is 0. The molecule has 1 heterocycles. The Bertz CT molecular complexity index is 672. The second kappa shape index (κ2) is 5.89. The number of hydrogen-bond acceptors (Lipinski definition) is 4. The molecule has 0 fully saturated rings. The zero-order chi connectivity index (χ0) is 14.7. The van der Waals surface area contributed by atoms with Crippen molar-refractivity contribution in [3.8, 4) is 0 Å². The highest BCUT2D eigenvalue weighted by molar-refractivity contribution is 7.15. The van der Waals surface area contributed by atoms with Crippen LogP contribution in [0.3, 0.4) is 0 Å². The number of carbonyl (C=O) groups excluding carboxylic acids is 1. The summed E-state index contributed by atoms with van der Waals surface area (Å²) in [5.41, 5.74) is 0.374. The van der Waals surface area contributed by atoms with Crippen LogP contribution in [0, 0.1) is 6.92 Å². The number of aromatic nitrogens is 1. The van der Waals surface area contributed by atoms with Gasteiger partial charge in [0, 0.05) is 16.8 Å². The van der Waals surface area contributed by atoms with Crippen LogP contribution in [0.2, 0.25) is 5.02 Å². The minimum Gasteiger partial charge on any atom is -0.478 e. The van der Waals surface area contributed by atoms with Crippen LogP contribution in [0.5, 0.6) is 0 Å². The molecule has 0 unspecified atom stereocenters. The smallest absolute Gasteiger partial charge is 0.337 e. The van der Waals surface area contributed by atoms with Crippen LogP contribution >= 0.6 is 22.9 Å². The maximum atomic E-state index is 11.7. The number of rotatable bonds is 3. The Hall–Kier alpha value is -2.12. The molecule has 6 nitrogen and oxygen atoms in total. The fraction of sp³-hybridized carbons (Fsp3) is 0.0833. The van der Waals surface area contributed by atoms with Crippen LogP contribution in [-0.2, 0) is 0 Å². The van der Waals surface area contributed by atoms with Gasteiger partial charge in [-0.05, 0) is 25.1 Å². The molecule has 20 heavy (non-hydrogen) atoms. The molecule has 0 atom stereocenters. The fourth-order valence-electron chi connectivity index (χ4n) is 1.44. The quantitative estimate of drug-likeness (QED) is 0.809. The van der Waals surface area contributed by atoms with Gasteiger partial charge in [0.1, 0.15) is 0 Å². The van der Waals surface area contributed by atoms with Crippen LogP contribution in [0.4, 0.5) is 15.6 Å². The number of benzene rings is 1. The van der Waals surface area contributed by atoms with Gasteiger partial charge in [0.15, 0.2) is 5.13 Å². The lowest BCUT2D eigenvalue weighted by Crippen LogP contribution is -2.19. The first-order chi connectivity index (χ1) is 9.45. The van der Waals surface area contributed by atoms with Crippen LogP contribution < -0.4 is 10.6 Å². The number of hydrogen-bond donors (Lipinski definition) is 3. The normalized spacial score (nSPS) is 10.1. The Labute approximate surface area is 123 Å². The van der Waals surface area contributed by atoms with Crippen LogP contribution in [-0.4, -0.2) is 22.1 Å². The molecule has 0 radical (unpaired) electrons. The van der Waals surface area contributed by atoms with Crippen molar-refractivity contribution in [2.24, 2.45) is 0 Å². The van der Waals surface area contributed by atoms with Gasteiger partial charge < -0.3 is 10.4 Å². The molecule has 2 rings (SSSR count). The van der Waals surface area contributed by atoms with Crippen molar-refractivity contribution < 1.29 is 14.7 Å². The number of thiazole rings is 1. The van der Waals surface area contributed by atoms with Crippen LogP contribution in [0.25, 0.3) is 0 Å². The van der Waals surface area contributed by atoms with E-state index in [2.05, 4.69) is 15.6 Å². The van der Waals surface area contributed by atoms with Gasteiger partial charge in [-0.1, -0.05) is 11.6 Å². The summed E-state index contributed by atoms with van der Waals surface area (Å²) in [6.45, 7) is 1.88. The zero-order valence-corrected chi connectivity index (χ0v) is 11.9. The van der Waals surface area contributed by atoms with Crippen LogP contribution in [0.1, 0.15) is 15.2 Å². The second-order valence-corrected chi connectivity index (χ2v) is 5.50. The highest BCUT2D eigenvalue weighted by atomic mass is 35.5. The number of aromatic carboxylic acids is 1. The van der Waals surface area contributed by atoms with E-state index in [1.165, 1.54) is 29.5 Å². The van der Waals surface area contributed by atoms with E-state index >= 15 is 0 Å². The highest BCUT2D eigenvalue weighted by Gasteiger charge is 2.10. The first-order valence-corrected chi connectivity index (χ1v) is 6.68. The van der Waals surface area contributed by atoms with Crippen molar-refractivity contribution in [3.63, 3.8) is 0 Å². The van der Waals surface area contributed by atoms with E-state index in [0.29, 0.717) is 10.8 Å². The molecule has 0 aliphatic carbocycles. The summed E-state index contributed by atoms with van der Waals surface area (Å²) in [6, 6.07) is 3.69. The third-order valence-corrected chi connectivity index (χ3v) is 3.44. The van der Waals surface area contributed by atoms with Gasteiger partial charge >= 0.3 is 12.0 Å². The lowest BCUT2D eigenvalue weighted by atomic mass is 10.2. The fourth-order valence-corrected chi connectivity index (χ4v) is 2.36. The lowest BCUT2D eigenvalue weighted by molar-refractivity contribution is 0.0697. The van der Waals surface area contributed by atoms with Crippen molar-refractivity contribution in [3.05, 3.63) is 39.9 Å². The third kappa shape index (κ3) is 3.46. The molecule has 0 aliphatic heterocycles. The second-order valence-electron chi connectivity index (χ2n) is 3.85. The number of halogens is 1. The van der Waals surface area contributed by atoms with E-state index in [1.54, 1.807) is 6.20 Å². The summed E-state index contributed by atoms with van der Waals surface area (Å²) in [5.74, 6) is -1.12. The largest absolute Gasteiger partial charge is 0.478 e. The number of anilines is 2. The maximum absolute atomic E-state index is 11.7. The van der Waals surface area contributed by atoms with Gasteiger partial charge in [-0.2, -0.15) is 0 Å². The number of carbonyl (C=O) groups is 2. The monoisotopic (exact) mass is 311 g/mol. The summed E-state index contributed by atoms with van der Waals surface area (Å²) in [7, 11) is 0. The average Bonchev–Trinajstić information content (AvgIpc) is 2.74. The van der Waals surface area contributed by atoms with E-state index in [1.807, 2.05) is 6.92 Å². The van der Waals surface area contributed by atoms with Crippen molar-refractivity contribution in [1.29, 1.82) is 0 Å².